The molecule has 0 saturated carbocycles. The van der Waals surface area contributed by atoms with Crippen molar-refractivity contribution >= 4 is 44.8 Å². The maximum absolute atomic E-state index is 6.92. The van der Waals surface area contributed by atoms with Gasteiger partial charge in [-0.05, 0) is 69.6 Å². The van der Waals surface area contributed by atoms with Crippen LogP contribution in [0, 0.1) is 0 Å². The minimum atomic E-state index is -0.195. The number of anilines is 4. The van der Waals surface area contributed by atoms with E-state index < -0.39 is 0 Å². The summed E-state index contributed by atoms with van der Waals surface area (Å²) in [5.41, 5.74) is 12.5. The first-order chi connectivity index (χ1) is 29.1. The van der Waals surface area contributed by atoms with E-state index in [2.05, 4.69) is 189 Å². The Hall–Kier alpha value is -7.25. The van der Waals surface area contributed by atoms with Crippen LogP contribution in [0.2, 0.25) is 0 Å². The van der Waals surface area contributed by atoms with Gasteiger partial charge < -0.3 is 14.5 Å². The SMILES string of the molecule is CC(C)(C)c1ccnc(-n2c3cccc4c3c3c(cc(Oc5cccc(N6CN(c7c(-c8ccccc8)cccc7-c7ccccc7)c7nccnc76)c5)cc32)C4(C)C)c1. The lowest BCUT2D eigenvalue weighted by molar-refractivity contribution is 0.481. The van der Waals surface area contributed by atoms with Crippen LogP contribution >= 0.6 is 0 Å². The van der Waals surface area contributed by atoms with Crippen LogP contribution in [0.3, 0.4) is 0 Å². The molecule has 0 spiro atoms. The molecule has 0 atom stereocenters. The molecular formula is C53H44N6O. The van der Waals surface area contributed by atoms with Crippen LogP contribution in [0.15, 0.2) is 164 Å². The Labute approximate surface area is 350 Å². The molecule has 2 aliphatic rings. The van der Waals surface area contributed by atoms with Gasteiger partial charge in [-0.25, -0.2) is 15.0 Å². The fourth-order valence-corrected chi connectivity index (χ4v) is 9.38. The summed E-state index contributed by atoms with van der Waals surface area (Å²) in [5.74, 6) is 4.02. The minimum Gasteiger partial charge on any atom is -0.457 e. The molecule has 60 heavy (non-hydrogen) atoms. The summed E-state index contributed by atoms with van der Waals surface area (Å²) >= 11 is 0. The standard InChI is InChI=1S/C53H44N6O/c1-52(2,3)36-25-26-54-46(29-36)59-44-24-14-23-42-47(44)48-43(53(42,4)5)31-39(32-45(48)59)60-38-20-12-19-37(30-38)57-33-58(51-50(57)55-27-28-56-51)49-40(34-15-8-6-9-16-34)21-13-22-41(49)35-17-10-7-11-18-35/h6-32H,33H2,1-5H3. The van der Waals surface area contributed by atoms with Gasteiger partial charge in [0.05, 0.1) is 16.7 Å². The van der Waals surface area contributed by atoms with Gasteiger partial charge in [-0.1, -0.05) is 132 Å². The first-order valence-electron chi connectivity index (χ1n) is 20.6. The second-order valence-electron chi connectivity index (χ2n) is 17.4. The van der Waals surface area contributed by atoms with Gasteiger partial charge in [0.2, 0.25) is 0 Å². The van der Waals surface area contributed by atoms with Gasteiger partial charge in [-0.3, -0.25) is 4.57 Å². The molecule has 0 fully saturated rings. The van der Waals surface area contributed by atoms with Gasteiger partial charge >= 0.3 is 0 Å². The van der Waals surface area contributed by atoms with Crippen molar-refractivity contribution in [3.63, 3.8) is 0 Å². The van der Waals surface area contributed by atoms with Crippen molar-refractivity contribution < 1.29 is 4.74 Å². The molecule has 0 radical (unpaired) electrons. The van der Waals surface area contributed by atoms with E-state index in [-0.39, 0.29) is 10.8 Å². The Morgan fingerprint density at radius 2 is 1.20 bits per heavy atom. The highest BCUT2D eigenvalue weighted by Crippen LogP contribution is 2.53. The smallest absolute Gasteiger partial charge is 0.178 e. The molecule has 0 amide bonds. The van der Waals surface area contributed by atoms with Gasteiger partial charge in [-0.15, -0.1) is 0 Å². The van der Waals surface area contributed by atoms with Crippen LogP contribution in [0.5, 0.6) is 11.5 Å². The second-order valence-corrected chi connectivity index (χ2v) is 17.4. The van der Waals surface area contributed by atoms with Gasteiger partial charge in [0.15, 0.2) is 11.6 Å². The summed E-state index contributed by atoms with van der Waals surface area (Å²) in [5, 5.41) is 2.57. The first-order valence-corrected chi connectivity index (χ1v) is 20.6. The minimum absolute atomic E-state index is 0.0148. The van der Waals surface area contributed by atoms with E-state index in [1.165, 1.54) is 27.5 Å². The number of ether oxygens (including phenoxy) is 1. The zero-order valence-electron chi connectivity index (χ0n) is 34.4. The van der Waals surface area contributed by atoms with Crippen LogP contribution < -0.4 is 14.5 Å². The molecule has 7 heteroatoms. The highest BCUT2D eigenvalue weighted by molar-refractivity contribution is 6.16. The molecule has 1 aliphatic carbocycles. The Balaban J connectivity index is 1.01. The predicted octanol–water partition coefficient (Wildman–Crippen LogP) is 13.3. The third kappa shape index (κ3) is 5.60. The van der Waals surface area contributed by atoms with E-state index in [9.17, 15) is 0 Å². The Bertz CT molecular complexity index is 3070. The van der Waals surface area contributed by atoms with Crippen molar-refractivity contribution in [1.29, 1.82) is 0 Å². The number of aromatic nitrogens is 4. The molecule has 9 aromatic rings. The van der Waals surface area contributed by atoms with Crippen molar-refractivity contribution in [2.75, 3.05) is 16.5 Å². The summed E-state index contributed by atoms with van der Waals surface area (Å²) in [6, 6.07) is 51.5. The molecule has 3 aromatic heterocycles. The molecule has 0 bridgehead atoms. The number of nitrogens with zero attached hydrogens (tertiary/aromatic N) is 6. The van der Waals surface area contributed by atoms with Crippen molar-refractivity contribution in [3.8, 4) is 39.6 Å². The lowest BCUT2D eigenvalue weighted by atomic mass is 9.81. The number of rotatable bonds is 7. The third-order valence-corrected chi connectivity index (χ3v) is 12.3. The van der Waals surface area contributed by atoms with Gasteiger partial charge in [0, 0.05) is 63.7 Å². The monoisotopic (exact) mass is 780 g/mol. The summed E-state index contributed by atoms with van der Waals surface area (Å²) < 4.78 is 9.23. The quantitative estimate of drug-likeness (QED) is 0.161. The van der Waals surface area contributed by atoms with Crippen LogP contribution in [0.25, 0.3) is 49.9 Å². The molecule has 7 nitrogen and oxygen atoms in total. The van der Waals surface area contributed by atoms with E-state index in [0.29, 0.717) is 6.67 Å². The van der Waals surface area contributed by atoms with Crippen LogP contribution in [0.4, 0.5) is 23.0 Å². The maximum Gasteiger partial charge on any atom is 0.178 e. The summed E-state index contributed by atoms with van der Waals surface area (Å²) in [6.45, 7) is 11.9. The van der Waals surface area contributed by atoms with E-state index >= 15 is 0 Å². The van der Waals surface area contributed by atoms with Crippen LogP contribution in [-0.2, 0) is 10.8 Å². The summed E-state index contributed by atoms with van der Waals surface area (Å²) in [7, 11) is 0. The predicted molar refractivity (Wildman–Crippen MR) is 244 cm³/mol. The van der Waals surface area contributed by atoms with Crippen molar-refractivity contribution in [2.45, 2.75) is 45.4 Å². The molecular weight excluding hydrogens is 737 g/mol. The zero-order valence-corrected chi connectivity index (χ0v) is 34.4. The van der Waals surface area contributed by atoms with Crippen molar-refractivity contribution in [2.24, 2.45) is 0 Å². The van der Waals surface area contributed by atoms with Gasteiger partial charge in [0.25, 0.3) is 0 Å². The lowest BCUT2D eigenvalue weighted by Gasteiger charge is -2.26. The molecule has 11 rings (SSSR count). The van der Waals surface area contributed by atoms with Crippen molar-refractivity contribution in [1.82, 2.24) is 19.5 Å². The topological polar surface area (TPSA) is 59.3 Å². The van der Waals surface area contributed by atoms with Gasteiger partial charge in [0.1, 0.15) is 24.0 Å². The summed E-state index contributed by atoms with van der Waals surface area (Å²) in [4.78, 5) is 19.4. The fraction of sp³-hybridized carbons (Fsp3) is 0.151. The molecule has 1 aliphatic heterocycles. The Morgan fingerprint density at radius 3 is 1.90 bits per heavy atom. The molecule has 0 saturated heterocycles. The number of pyridine rings is 1. The average Bonchev–Trinajstić information content (AvgIpc) is 3.90. The molecule has 0 unspecified atom stereocenters. The lowest BCUT2D eigenvalue weighted by Crippen LogP contribution is -2.25. The van der Waals surface area contributed by atoms with E-state index in [4.69, 9.17) is 19.7 Å². The maximum atomic E-state index is 6.92. The first kappa shape index (κ1) is 35.9. The van der Waals surface area contributed by atoms with Crippen molar-refractivity contribution in [3.05, 3.63) is 181 Å². The van der Waals surface area contributed by atoms with Crippen LogP contribution in [-0.4, -0.2) is 26.2 Å². The van der Waals surface area contributed by atoms with Gasteiger partial charge in [-0.2, -0.15) is 0 Å². The molecule has 292 valence electrons. The number of benzene rings is 6. The normalized spacial score (nSPS) is 14.1. The molecule has 6 aromatic carbocycles. The fourth-order valence-electron chi connectivity index (χ4n) is 9.38. The second kappa shape index (κ2) is 13.4. The number of hydrogen-bond acceptors (Lipinski definition) is 6. The molecule has 0 N–H and O–H groups in total. The number of hydrogen-bond donors (Lipinski definition) is 0. The van der Waals surface area contributed by atoms with E-state index in [1.807, 2.05) is 12.3 Å². The van der Waals surface area contributed by atoms with Crippen LogP contribution in [0.1, 0.15) is 51.3 Å². The Kier molecular flexibility index (Phi) is 8.01. The highest BCUT2D eigenvalue weighted by atomic mass is 16.5. The highest BCUT2D eigenvalue weighted by Gasteiger charge is 2.38. The summed E-state index contributed by atoms with van der Waals surface area (Å²) in [6.07, 6.45) is 5.49. The van der Waals surface area contributed by atoms with E-state index in [1.54, 1.807) is 12.4 Å². The zero-order chi connectivity index (χ0) is 40.8. The number of fused-ring (bicyclic) bond motifs is 1. The number of para-hydroxylation sites is 1. The third-order valence-electron chi connectivity index (χ3n) is 12.3. The van der Waals surface area contributed by atoms with E-state index in [0.717, 1.165) is 73.6 Å². The average molecular weight is 781 g/mol. The molecule has 4 heterocycles. The largest absolute Gasteiger partial charge is 0.457 e. The Morgan fingerprint density at radius 1 is 0.550 bits per heavy atom.